The lowest BCUT2D eigenvalue weighted by atomic mass is 10.1. The van der Waals surface area contributed by atoms with E-state index in [0.717, 1.165) is 31.8 Å². The van der Waals surface area contributed by atoms with Gasteiger partial charge >= 0.3 is 0 Å². The van der Waals surface area contributed by atoms with Gasteiger partial charge in [-0.3, -0.25) is 4.99 Å². The van der Waals surface area contributed by atoms with Gasteiger partial charge in [-0.15, -0.1) is 12.4 Å². The lowest BCUT2D eigenvalue weighted by Crippen LogP contribution is -2.30. The summed E-state index contributed by atoms with van der Waals surface area (Å²) < 4.78 is 0. The number of benzene rings is 1. The molecule has 1 aromatic rings. The molecule has 0 saturated carbocycles. The average Bonchev–Trinajstić information content (AvgIpc) is 2.21. The molecule has 0 aliphatic carbocycles. The molecule has 1 aliphatic rings. The predicted octanol–water partition coefficient (Wildman–Crippen LogP) is 2.04. The van der Waals surface area contributed by atoms with Crippen molar-refractivity contribution in [2.45, 2.75) is 12.8 Å². The molecule has 2 nitrogen and oxygen atoms in total. The molecule has 0 saturated heterocycles. The molecular weight excluding hydrogens is 196 g/mol. The number of nitrogens with zero attached hydrogens (tertiary/aromatic N) is 1. The van der Waals surface area contributed by atoms with Crippen LogP contribution in [0.15, 0.2) is 35.3 Å². The Labute approximate surface area is 90.8 Å². The average molecular weight is 211 g/mol. The highest BCUT2D eigenvalue weighted by Gasteiger charge is 2.03. The van der Waals surface area contributed by atoms with Gasteiger partial charge in [0, 0.05) is 19.5 Å². The molecule has 0 aromatic heterocycles. The summed E-state index contributed by atoms with van der Waals surface area (Å²) in [5.74, 6) is 1.14. The van der Waals surface area contributed by atoms with Crippen molar-refractivity contribution in [2.24, 2.45) is 4.99 Å². The lowest BCUT2D eigenvalue weighted by Gasteiger charge is -2.14. The molecule has 0 radical (unpaired) electrons. The van der Waals surface area contributed by atoms with E-state index in [1.54, 1.807) is 0 Å². The molecule has 0 spiro atoms. The molecule has 1 heterocycles. The zero-order valence-electron chi connectivity index (χ0n) is 8.07. The van der Waals surface area contributed by atoms with Gasteiger partial charge < -0.3 is 5.32 Å². The summed E-state index contributed by atoms with van der Waals surface area (Å²) in [7, 11) is 0. The van der Waals surface area contributed by atoms with Crippen molar-refractivity contribution in [1.82, 2.24) is 5.32 Å². The SMILES string of the molecule is Cl.c1ccc(CC2=NCCCN2)cc1. The molecule has 2 rings (SSSR count). The maximum atomic E-state index is 4.43. The van der Waals surface area contributed by atoms with E-state index in [1.807, 2.05) is 6.07 Å². The second-order valence-electron chi connectivity index (χ2n) is 3.27. The van der Waals surface area contributed by atoms with E-state index in [4.69, 9.17) is 0 Å². The Hall–Kier alpha value is -1.02. The largest absolute Gasteiger partial charge is 0.373 e. The van der Waals surface area contributed by atoms with Crippen LogP contribution in [0.25, 0.3) is 0 Å². The highest BCUT2D eigenvalue weighted by molar-refractivity contribution is 5.85. The van der Waals surface area contributed by atoms with Crippen molar-refractivity contribution in [1.29, 1.82) is 0 Å². The summed E-state index contributed by atoms with van der Waals surface area (Å²) >= 11 is 0. The molecule has 0 unspecified atom stereocenters. The van der Waals surface area contributed by atoms with Crippen LogP contribution in [0, 0.1) is 0 Å². The monoisotopic (exact) mass is 210 g/mol. The van der Waals surface area contributed by atoms with Crippen molar-refractivity contribution >= 4 is 18.2 Å². The van der Waals surface area contributed by atoms with Crippen molar-refractivity contribution in [3.63, 3.8) is 0 Å². The maximum Gasteiger partial charge on any atom is 0.101 e. The summed E-state index contributed by atoms with van der Waals surface area (Å²) in [5.41, 5.74) is 1.33. The number of amidine groups is 1. The number of halogens is 1. The highest BCUT2D eigenvalue weighted by Crippen LogP contribution is 2.01. The summed E-state index contributed by atoms with van der Waals surface area (Å²) in [6.07, 6.45) is 2.11. The second kappa shape index (κ2) is 5.66. The Morgan fingerprint density at radius 2 is 2.00 bits per heavy atom. The highest BCUT2D eigenvalue weighted by atomic mass is 35.5. The van der Waals surface area contributed by atoms with Crippen LogP contribution in [0.5, 0.6) is 0 Å². The Balaban J connectivity index is 0.000000980. The Kier molecular flexibility index (Phi) is 4.47. The predicted molar refractivity (Wildman–Crippen MR) is 62.3 cm³/mol. The van der Waals surface area contributed by atoms with Crippen LogP contribution in [0.1, 0.15) is 12.0 Å². The maximum absolute atomic E-state index is 4.43. The van der Waals surface area contributed by atoms with E-state index < -0.39 is 0 Å². The third-order valence-electron chi connectivity index (χ3n) is 2.18. The molecule has 3 heteroatoms. The van der Waals surface area contributed by atoms with E-state index in [9.17, 15) is 0 Å². The topological polar surface area (TPSA) is 24.4 Å². The number of hydrogen-bond acceptors (Lipinski definition) is 2. The van der Waals surface area contributed by atoms with Crippen LogP contribution in [0.4, 0.5) is 0 Å². The second-order valence-corrected chi connectivity index (χ2v) is 3.27. The summed E-state index contributed by atoms with van der Waals surface area (Å²) in [5, 5.41) is 3.32. The molecule has 0 amide bonds. The van der Waals surface area contributed by atoms with E-state index in [2.05, 4.69) is 34.6 Å². The van der Waals surface area contributed by atoms with Crippen LogP contribution in [0.3, 0.4) is 0 Å². The van der Waals surface area contributed by atoms with Crippen molar-refractivity contribution < 1.29 is 0 Å². The van der Waals surface area contributed by atoms with Gasteiger partial charge in [0.1, 0.15) is 5.84 Å². The Bertz CT molecular complexity index is 295. The van der Waals surface area contributed by atoms with Crippen LogP contribution < -0.4 is 5.32 Å². The first-order chi connectivity index (χ1) is 6.45. The zero-order valence-corrected chi connectivity index (χ0v) is 8.89. The first-order valence-corrected chi connectivity index (χ1v) is 4.76. The minimum atomic E-state index is 0. The van der Waals surface area contributed by atoms with Gasteiger partial charge in [-0.25, -0.2) is 0 Å². The fourth-order valence-corrected chi connectivity index (χ4v) is 1.49. The lowest BCUT2D eigenvalue weighted by molar-refractivity contribution is 0.731. The van der Waals surface area contributed by atoms with Crippen LogP contribution in [0.2, 0.25) is 0 Å². The van der Waals surface area contributed by atoms with Gasteiger partial charge in [-0.2, -0.15) is 0 Å². The van der Waals surface area contributed by atoms with Gasteiger partial charge in [-0.05, 0) is 12.0 Å². The standard InChI is InChI=1S/C11H14N2.ClH/c1-2-5-10(6-3-1)9-11-12-7-4-8-13-11;/h1-3,5-6H,4,7-9H2,(H,12,13);1H. The molecule has 1 N–H and O–H groups in total. The minimum Gasteiger partial charge on any atom is -0.373 e. The normalized spacial score (nSPS) is 15.0. The van der Waals surface area contributed by atoms with E-state index in [0.29, 0.717) is 0 Å². The van der Waals surface area contributed by atoms with Gasteiger partial charge in [0.25, 0.3) is 0 Å². The molecular formula is C11H15ClN2. The number of rotatable bonds is 2. The fraction of sp³-hybridized carbons (Fsp3) is 0.364. The number of nitrogens with one attached hydrogen (secondary N) is 1. The molecule has 1 aliphatic heterocycles. The first kappa shape index (κ1) is 11.1. The van der Waals surface area contributed by atoms with Crippen LogP contribution in [-0.4, -0.2) is 18.9 Å². The summed E-state index contributed by atoms with van der Waals surface area (Å²) in [6, 6.07) is 10.5. The van der Waals surface area contributed by atoms with Crippen molar-refractivity contribution in [3.8, 4) is 0 Å². The molecule has 76 valence electrons. The van der Waals surface area contributed by atoms with Crippen molar-refractivity contribution in [2.75, 3.05) is 13.1 Å². The quantitative estimate of drug-likeness (QED) is 0.794. The van der Waals surface area contributed by atoms with Gasteiger partial charge in [0.05, 0.1) is 0 Å². The Morgan fingerprint density at radius 1 is 1.21 bits per heavy atom. The third-order valence-corrected chi connectivity index (χ3v) is 2.18. The van der Waals surface area contributed by atoms with Crippen LogP contribution >= 0.6 is 12.4 Å². The Morgan fingerprint density at radius 3 is 2.64 bits per heavy atom. The molecule has 0 fully saturated rings. The number of hydrogen-bond donors (Lipinski definition) is 1. The number of aliphatic imine (C=N–C) groups is 1. The third kappa shape index (κ3) is 3.04. The molecule has 14 heavy (non-hydrogen) atoms. The first-order valence-electron chi connectivity index (χ1n) is 4.76. The fourth-order valence-electron chi connectivity index (χ4n) is 1.49. The van der Waals surface area contributed by atoms with Crippen LogP contribution in [-0.2, 0) is 6.42 Å². The van der Waals surface area contributed by atoms with Gasteiger partial charge in [-0.1, -0.05) is 30.3 Å². The summed E-state index contributed by atoms with van der Waals surface area (Å²) in [4.78, 5) is 4.43. The van der Waals surface area contributed by atoms with Gasteiger partial charge in [0.15, 0.2) is 0 Å². The zero-order chi connectivity index (χ0) is 8.93. The van der Waals surface area contributed by atoms with Gasteiger partial charge in [0.2, 0.25) is 0 Å². The molecule has 1 aromatic carbocycles. The van der Waals surface area contributed by atoms with E-state index in [1.165, 1.54) is 5.56 Å². The summed E-state index contributed by atoms with van der Waals surface area (Å²) in [6.45, 7) is 2.06. The smallest absolute Gasteiger partial charge is 0.101 e. The van der Waals surface area contributed by atoms with E-state index >= 15 is 0 Å². The molecule has 0 atom stereocenters. The van der Waals surface area contributed by atoms with Crippen molar-refractivity contribution in [3.05, 3.63) is 35.9 Å². The minimum absolute atomic E-state index is 0. The van der Waals surface area contributed by atoms with E-state index in [-0.39, 0.29) is 12.4 Å². The molecule has 0 bridgehead atoms.